The number of carbonyl (C=O) groups excluding carboxylic acids is 2. The van der Waals surface area contributed by atoms with E-state index in [9.17, 15) is 9.59 Å². The van der Waals surface area contributed by atoms with Gasteiger partial charge in [-0.25, -0.2) is 0 Å². The Bertz CT molecular complexity index is 522. The molecule has 1 heterocycles. The average molecular weight is 317 g/mol. The van der Waals surface area contributed by atoms with Gasteiger partial charge in [-0.15, -0.1) is 0 Å². The van der Waals surface area contributed by atoms with Crippen LogP contribution in [0.4, 0.5) is 0 Å². The lowest BCUT2D eigenvalue weighted by Gasteiger charge is -2.23. The van der Waals surface area contributed by atoms with Gasteiger partial charge >= 0.3 is 0 Å². The van der Waals surface area contributed by atoms with E-state index in [2.05, 4.69) is 22.5 Å². The predicted molar refractivity (Wildman–Crippen MR) is 91.2 cm³/mol. The van der Waals surface area contributed by atoms with E-state index in [1.165, 1.54) is 25.9 Å². The molecule has 1 aromatic rings. The molecule has 23 heavy (non-hydrogen) atoms. The Balaban J connectivity index is 1.70. The van der Waals surface area contributed by atoms with Gasteiger partial charge in [-0.1, -0.05) is 12.1 Å². The van der Waals surface area contributed by atoms with E-state index in [0.717, 1.165) is 12.0 Å². The van der Waals surface area contributed by atoms with Crippen LogP contribution in [0.1, 0.15) is 48.5 Å². The van der Waals surface area contributed by atoms with Crippen molar-refractivity contribution in [3.05, 3.63) is 35.4 Å². The van der Waals surface area contributed by atoms with Crippen molar-refractivity contribution in [1.29, 1.82) is 0 Å². The van der Waals surface area contributed by atoms with Crippen LogP contribution in [0.25, 0.3) is 0 Å². The zero-order valence-corrected chi connectivity index (χ0v) is 14.1. The Morgan fingerprint density at radius 3 is 2.43 bits per heavy atom. The molecule has 0 radical (unpaired) electrons. The van der Waals surface area contributed by atoms with Crippen LogP contribution in [-0.4, -0.2) is 42.9 Å². The molecule has 1 unspecified atom stereocenters. The van der Waals surface area contributed by atoms with Crippen LogP contribution >= 0.6 is 0 Å². The summed E-state index contributed by atoms with van der Waals surface area (Å²) in [6, 6.07) is 7.77. The van der Waals surface area contributed by atoms with Crippen LogP contribution in [0.15, 0.2) is 24.3 Å². The number of rotatable bonds is 7. The summed E-state index contributed by atoms with van der Waals surface area (Å²) in [6.07, 6.45) is 4.03. The summed E-state index contributed by atoms with van der Waals surface area (Å²) in [5, 5.41) is 5.54. The molecule has 0 saturated carbocycles. The molecule has 0 aliphatic carbocycles. The Labute approximate surface area is 138 Å². The van der Waals surface area contributed by atoms with Gasteiger partial charge in [-0.05, 0) is 57.0 Å². The SMILES string of the molecule is CNC(=O)c1ccc(CNC(=O)CCC(C)N2CCCC2)cc1. The second-order valence-corrected chi connectivity index (χ2v) is 6.18. The van der Waals surface area contributed by atoms with E-state index in [0.29, 0.717) is 24.6 Å². The molecule has 5 heteroatoms. The zero-order chi connectivity index (χ0) is 16.7. The molecule has 1 atom stereocenters. The highest BCUT2D eigenvalue weighted by Gasteiger charge is 2.18. The molecule has 0 bridgehead atoms. The maximum Gasteiger partial charge on any atom is 0.251 e. The summed E-state index contributed by atoms with van der Waals surface area (Å²) in [6.45, 7) is 5.04. The van der Waals surface area contributed by atoms with Crippen molar-refractivity contribution in [3.63, 3.8) is 0 Å². The summed E-state index contributed by atoms with van der Waals surface area (Å²) in [5.41, 5.74) is 1.63. The molecular formula is C18H27N3O2. The van der Waals surface area contributed by atoms with E-state index in [4.69, 9.17) is 0 Å². The molecule has 2 N–H and O–H groups in total. The lowest BCUT2D eigenvalue weighted by Crippen LogP contribution is -2.32. The molecule has 126 valence electrons. The summed E-state index contributed by atoms with van der Waals surface area (Å²) in [5.74, 6) is -0.0112. The number of likely N-dealkylation sites (tertiary alicyclic amines) is 1. The molecule has 0 aromatic heterocycles. The molecular weight excluding hydrogens is 290 g/mol. The lowest BCUT2D eigenvalue weighted by molar-refractivity contribution is -0.121. The molecule has 1 aliphatic rings. The first-order chi connectivity index (χ1) is 11.1. The van der Waals surface area contributed by atoms with Crippen LogP contribution in [0.5, 0.6) is 0 Å². The number of hydrogen-bond acceptors (Lipinski definition) is 3. The van der Waals surface area contributed by atoms with Gasteiger partial charge in [0.25, 0.3) is 5.91 Å². The first-order valence-corrected chi connectivity index (χ1v) is 8.42. The molecule has 1 fully saturated rings. The third kappa shape index (κ3) is 5.36. The standard InChI is InChI=1S/C18H27N3O2/c1-14(21-11-3-4-12-21)5-10-17(22)20-13-15-6-8-16(9-7-15)18(23)19-2/h6-9,14H,3-5,10-13H2,1-2H3,(H,19,23)(H,20,22). The van der Waals surface area contributed by atoms with Crippen molar-refractivity contribution >= 4 is 11.8 Å². The van der Waals surface area contributed by atoms with Gasteiger partial charge in [0.1, 0.15) is 0 Å². The van der Waals surface area contributed by atoms with Gasteiger partial charge < -0.3 is 15.5 Å². The Morgan fingerprint density at radius 2 is 1.83 bits per heavy atom. The molecule has 2 amide bonds. The topological polar surface area (TPSA) is 61.4 Å². The highest BCUT2D eigenvalue weighted by Crippen LogP contribution is 2.14. The minimum Gasteiger partial charge on any atom is -0.355 e. The van der Waals surface area contributed by atoms with Crippen molar-refractivity contribution in [3.8, 4) is 0 Å². The molecule has 1 aliphatic heterocycles. The van der Waals surface area contributed by atoms with Gasteiger partial charge in [-0.2, -0.15) is 0 Å². The number of nitrogens with one attached hydrogen (secondary N) is 2. The lowest BCUT2D eigenvalue weighted by atomic mass is 10.1. The number of hydrogen-bond donors (Lipinski definition) is 2. The highest BCUT2D eigenvalue weighted by atomic mass is 16.2. The van der Waals surface area contributed by atoms with Crippen LogP contribution in [0.3, 0.4) is 0 Å². The third-order valence-corrected chi connectivity index (χ3v) is 4.49. The summed E-state index contributed by atoms with van der Waals surface area (Å²) in [4.78, 5) is 25.9. The van der Waals surface area contributed by atoms with Crippen molar-refractivity contribution < 1.29 is 9.59 Å². The van der Waals surface area contributed by atoms with Gasteiger partial charge in [0.05, 0.1) is 0 Å². The second-order valence-electron chi connectivity index (χ2n) is 6.18. The average Bonchev–Trinajstić information content (AvgIpc) is 3.12. The normalized spacial score (nSPS) is 16.1. The Morgan fingerprint density at radius 1 is 1.17 bits per heavy atom. The van der Waals surface area contributed by atoms with Crippen LogP contribution in [-0.2, 0) is 11.3 Å². The van der Waals surface area contributed by atoms with Crippen molar-refractivity contribution in [2.24, 2.45) is 0 Å². The number of carbonyl (C=O) groups is 2. The van der Waals surface area contributed by atoms with Crippen molar-refractivity contribution in [1.82, 2.24) is 15.5 Å². The van der Waals surface area contributed by atoms with E-state index in [1.54, 1.807) is 19.2 Å². The second kappa shape index (κ2) is 8.67. The summed E-state index contributed by atoms with van der Waals surface area (Å²) >= 11 is 0. The fraction of sp³-hybridized carbons (Fsp3) is 0.556. The maximum absolute atomic E-state index is 12.0. The van der Waals surface area contributed by atoms with Crippen LogP contribution in [0, 0.1) is 0 Å². The van der Waals surface area contributed by atoms with Crippen LogP contribution in [0.2, 0.25) is 0 Å². The fourth-order valence-corrected chi connectivity index (χ4v) is 2.91. The van der Waals surface area contributed by atoms with E-state index in [-0.39, 0.29) is 11.8 Å². The van der Waals surface area contributed by atoms with Gasteiger partial charge in [0.2, 0.25) is 5.91 Å². The first-order valence-electron chi connectivity index (χ1n) is 8.42. The fourth-order valence-electron chi connectivity index (χ4n) is 2.91. The number of nitrogens with zero attached hydrogens (tertiary/aromatic N) is 1. The highest BCUT2D eigenvalue weighted by molar-refractivity contribution is 5.93. The maximum atomic E-state index is 12.0. The minimum absolute atomic E-state index is 0.0893. The minimum atomic E-state index is -0.100. The molecule has 2 rings (SSSR count). The largest absolute Gasteiger partial charge is 0.355 e. The Kier molecular flexibility index (Phi) is 6.59. The van der Waals surface area contributed by atoms with E-state index in [1.807, 2.05) is 12.1 Å². The molecule has 5 nitrogen and oxygen atoms in total. The van der Waals surface area contributed by atoms with Gasteiger partial charge in [0, 0.05) is 31.6 Å². The van der Waals surface area contributed by atoms with Crippen molar-refractivity contribution in [2.45, 2.75) is 45.2 Å². The first kappa shape index (κ1) is 17.5. The molecule has 0 spiro atoms. The molecule has 1 aromatic carbocycles. The van der Waals surface area contributed by atoms with E-state index >= 15 is 0 Å². The third-order valence-electron chi connectivity index (χ3n) is 4.49. The number of benzene rings is 1. The van der Waals surface area contributed by atoms with E-state index < -0.39 is 0 Å². The summed E-state index contributed by atoms with van der Waals surface area (Å²) < 4.78 is 0. The van der Waals surface area contributed by atoms with Gasteiger partial charge in [-0.3, -0.25) is 9.59 Å². The Hall–Kier alpha value is -1.88. The zero-order valence-electron chi connectivity index (χ0n) is 14.1. The summed E-state index contributed by atoms with van der Waals surface area (Å²) in [7, 11) is 1.61. The van der Waals surface area contributed by atoms with Gasteiger partial charge in [0.15, 0.2) is 0 Å². The van der Waals surface area contributed by atoms with Crippen LogP contribution < -0.4 is 10.6 Å². The molecule has 1 saturated heterocycles. The predicted octanol–water partition coefficient (Wildman–Crippen LogP) is 1.93. The quantitative estimate of drug-likeness (QED) is 0.808. The number of amides is 2. The van der Waals surface area contributed by atoms with Crippen molar-refractivity contribution in [2.75, 3.05) is 20.1 Å². The monoisotopic (exact) mass is 317 g/mol. The smallest absolute Gasteiger partial charge is 0.251 e.